The number of halogens is 3. The van der Waals surface area contributed by atoms with E-state index in [0.717, 1.165) is 0 Å². The highest BCUT2D eigenvalue weighted by Crippen LogP contribution is 2.39. The van der Waals surface area contributed by atoms with Crippen molar-refractivity contribution in [2.45, 2.75) is 19.9 Å². The van der Waals surface area contributed by atoms with Crippen LogP contribution in [0.5, 0.6) is 0 Å². The average Bonchev–Trinajstić information content (AvgIpc) is 3.31. The third-order valence-corrected chi connectivity index (χ3v) is 6.13. The zero-order valence-electron chi connectivity index (χ0n) is 18.7. The van der Waals surface area contributed by atoms with E-state index in [1.54, 1.807) is 48.2 Å². The maximum absolute atomic E-state index is 14.1. The average molecular weight is 493 g/mol. The first-order chi connectivity index (χ1) is 16.8. The molecule has 0 spiro atoms. The molecule has 1 atom stereocenters. The molecule has 0 amide bonds. The van der Waals surface area contributed by atoms with Gasteiger partial charge in [0.2, 0.25) is 5.82 Å². The van der Waals surface area contributed by atoms with E-state index in [4.69, 9.17) is 16.7 Å². The van der Waals surface area contributed by atoms with Gasteiger partial charge in [0.1, 0.15) is 17.5 Å². The Kier molecular flexibility index (Phi) is 5.86. The van der Waals surface area contributed by atoms with Gasteiger partial charge in [-0.3, -0.25) is 4.90 Å². The lowest BCUT2D eigenvalue weighted by atomic mass is 9.94. The number of nitrogens with zero attached hydrogens (tertiary/aromatic N) is 3. The molecule has 1 aromatic heterocycles. The molecular formula is C26H19F3N4OS. The SMILES string of the molecule is CC1=C(c2nc(-c3ccc(F)cc3)no2)C(c2cccc(F)c2)NC(=S)N1c1ccc(F)c(C)c1. The van der Waals surface area contributed by atoms with Gasteiger partial charge < -0.3 is 9.84 Å². The van der Waals surface area contributed by atoms with Crippen molar-refractivity contribution in [2.24, 2.45) is 0 Å². The minimum atomic E-state index is -0.586. The maximum atomic E-state index is 14.1. The molecule has 0 aliphatic carbocycles. The number of thiocarbonyl (C=S) groups is 1. The number of nitrogens with one attached hydrogen (secondary N) is 1. The molecule has 4 aromatic rings. The molecule has 1 unspecified atom stereocenters. The standard InChI is InChI=1S/C26H19F3N4OS/c1-14-12-20(10-11-21(14)29)33-15(2)22(23(30-26(33)35)17-4-3-5-19(28)13-17)25-31-24(32-34-25)16-6-8-18(27)9-7-16/h3-13,23H,1-2H3,(H,30,35). The predicted octanol–water partition coefficient (Wildman–Crippen LogP) is 6.33. The fourth-order valence-electron chi connectivity index (χ4n) is 4.08. The van der Waals surface area contributed by atoms with Crippen LogP contribution < -0.4 is 10.2 Å². The molecule has 0 saturated carbocycles. The number of rotatable bonds is 4. The van der Waals surface area contributed by atoms with E-state index < -0.39 is 11.9 Å². The summed E-state index contributed by atoms with van der Waals surface area (Å²) in [6.07, 6.45) is 0. The second-order valence-corrected chi connectivity index (χ2v) is 8.52. The van der Waals surface area contributed by atoms with Crippen LogP contribution in [0.25, 0.3) is 17.0 Å². The molecule has 1 aliphatic heterocycles. The monoisotopic (exact) mass is 492 g/mol. The summed E-state index contributed by atoms with van der Waals surface area (Å²) in [5.41, 5.74) is 3.52. The lowest BCUT2D eigenvalue weighted by Gasteiger charge is -2.37. The fraction of sp³-hybridized carbons (Fsp3) is 0.115. The number of hydrogen-bond donors (Lipinski definition) is 1. The number of aryl methyl sites for hydroxylation is 1. The van der Waals surface area contributed by atoms with Crippen LogP contribution in [0, 0.1) is 24.4 Å². The lowest BCUT2D eigenvalue weighted by Crippen LogP contribution is -2.46. The smallest absolute Gasteiger partial charge is 0.258 e. The van der Waals surface area contributed by atoms with Gasteiger partial charge >= 0.3 is 0 Å². The van der Waals surface area contributed by atoms with Crippen molar-refractivity contribution in [3.05, 3.63) is 107 Å². The topological polar surface area (TPSA) is 54.2 Å². The molecular weight excluding hydrogens is 473 g/mol. The largest absolute Gasteiger partial charge is 0.351 e. The Hall–Kier alpha value is -3.98. The normalized spacial score (nSPS) is 16.0. The van der Waals surface area contributed by atoms with E-state index in [9.17, 15) is 13.2 Å². The van der Waals surface area contributed by atoms with Crippen LogP contribution in [0.3, 0.4) is 0 Å². The first kappa shape index (κ1) is 22.8. The third-order valence-electron chi connectivity index (χ3n) is 5.83. The molecule has 0 saturated heterocycles. The van der Waals surface area contributed by atoms with Crippen molar-refractivity contribution in [1.82, 2.24) is 15.5 Å². The summed E-state index contributed by atoms with van der Waals surface area (Å²) in [4.78, 5) is 6.29. The van der Waals surface area contributed by atoms with E-state index >= 15 is 0 Å². The minimum absolute atomic E-state index is 0.190. The van der Waals surface area contributed by atoms with Crippen LogP contribution in [0.15, 0.2) is 77.0 Å². The van der Waals surface area contributed by atoms with Crippen molar-refractivity contribution in [2.75, 3.05) is 4.90 Å². The number of allylic oxidation sites excluding steroid dienone is 1. The Balaban J connectivity index is 1.66. The van der Waals surface area contributed by atoms with Gasteiger partial charge in [0.25, 0.3) is 5.89 Å². The molecule has 5 nitrogen and oxygen atoms in total. The summed E-state index contributed by atoms with van der Waals surface area (Å²) in [6, 6.07) is 16.0. The van der Waals surface area contributed by atoms with E-state index in [2.05, 4.69) is 15.5 Å². The number of benzene rings is 3. The summed E-state index contributed by atoms with van der Waals surface area (Å²) in [5, 5.41) is 7.66. The Morgan fingerprint density at radius 2 is 1.71 bits per heavy atom. The zero-order valence-corrected chi connectivity index (χ0v) is 19.5. The molecule has 1 N–H and O–H groups in total. The van der Waals surface area contributed by atoms with Gasteiger partial charge in [-0.2, -0.15) is 4.98 Å². The van der Waals surface area contributed by atoms with Crippen molar-refractivity contribution < 1.29 is 17.7 Å². The fourth-order valence-corrected chi connectivity index (χ4v) is 4.44. The molecule has 0 bridgehead atoms. The summed E-state index contributed by atoms with van der Waals surface area (Å²) in [7, 11) is 0. The highest BCUT2D eigenvalue weighted by atomic mass is 32.1. The molecule has 2 heterocycles. The van der Waals surface area contributed by atoms with Crippen LogP contribution >= 0.6 is 12.2 Å². The Labute approximate surface area is 204 Å². The summed E-state index contributed by atoms with van der Waals surface area (Å²) < 4.78 is 47.1. The quantitative estimate of drug-likeness (QED) is 0.336. The van der Waals surface area contributed by atoms with Gasteiger partial charge in [-0.25, -0.2) is 13.2 Å². The molecule has 9 heteroatoms. The summed E-state index contributed by atoms with van der Waals surface area (Å²) in [6.45, 7) is 3.50. The Morgan fingerprint density at radius 1 is 0.943 bits per heavy atom. The van der Waals surface area contributed by atoms with E-state index in [1.165, 1.54) is 30.3 Å². The van der Waals surface area contributed by atoms with Gasteiger partial charge in [-0.1, -0.05) is 17.3 Å². The molecule has 0 fully saturated rings. The van der Waals surface area contributed by atoms with Gasteiger partial charge in [0, 0.05) is 16.9 Å². The van der Waals surface area contributed by atoms with E-state index in [-0.39, 0.29) is 23.3 Å². The van der Waals surface area contributed by atoms with Crippen molar-refractivity contribution in [3.8, 4) is 11.4 Å². The second-order valence-electron chi connectivity index (χ2n) is 8.14. The summed E-state index contributed by atoms with van der Waals surface area (Å²) in [5.74, 6) is -0.644. The van der Waals surface area contributed by atoms with Gasteiger partial charge in [0.05, 0.1) is 11.6 Å². The number of aromatic nitrogens is 2. The predicted molar refractivity (Wildman–Crippen MR) is 131 cm³/mol. The first-order valence-electron chi connectivity index (χ1n) is 10.7. The first-order valence-corrected chi connectivity index (χ1v) is 11.2. The highest BCUT2D eigenvalue weighted by Gasteiger charge is 2.35. The molecule has 35 heavy (non-hydrogen) atoms. The van der Waals surface area contributed by atoms with Gasteiger partial charge in [-0.15, -0.1) is 0 Å². The Bertz CT molecular complexity index is 1470. The Morgan fingerprint density at radius 3 is 2.43 bits per heavy atom. The third kappa shape index (κ3) is 4.30. The lowest BCUT2D eigenvalue weighted by molar-refractivity contribution is 0.404. The molecule has 3 aromatic carbocycles. The van der Waals surface area contributed by atoms with Crippen LogP contribution in [0.2, 0.25) is 0 Å². The zero-order chi connectivity index (χ0) is 24.7. The molecule has 0 radical (unpaired) electrons. The van der Waals surface area contributed by atoms with Gasteiger partial charge in [-0.05, 0) is 91.8 Å². The van der Waals surface area contributed by atoms with Crippen LogP contribution in [0.4, 0.5) is 18.9 Å². The van der Waals surface area contributed by atoms with E-state index in [1.807, 2.05) is 6.92 Å². The molecule has 5 rings (SSSR count). The minimum Gasteiger partial charge on any atom is -0.351 e. The van der Waals surface area contributed by atoms with Crippen LogP contribution in [-0.2, 0) is 0 Å². The highest BCUT2D eigenvalue weighted by molar-refractivity contribution is 7.80. The number of anilines is 1. The van der Waals surface area contributed by atoms with Crippen molar-refractivity contribution in [3.63, 3.8) is 0 Å². The maximum Gasteiger partial charge on any atom is 0.258 e. The molecule has 1 aliphatic rings. The van der Waals surface area contributed by atoms with Crippen molar-refractivity contribution in [1.29, 1.82) is 0 Å². The van der Waals surface area contributed by atoms with Crippen LogP contribution in [-0.4, -0.2) is 15.3 Å². The van der Waals surface area contributed by atoms with E-state index in [0.29, 0.717) is 38.8 Å². The summed E-state index contributed by atoms with van der Waals surface area (Å²) >= 11 is 5.66. The van der Waals surface area contributed by atoms with Crippen LogP contribution in [0.1, 0.15) is 30.0 Å². The van der Waals surface area contributed by atoms with Crippen molar-refractivity contribution >= 4 is 28.6 Å². The number of hydrogen-bond acceptors (Lipinski definition) is 4. The molecule has 176 valence electrons. The second kappa shape index (κ2) is 8.99. The van der Waals surface area contributed by atoms with Gasteiger partial charge in [0.15, 0.2) is 5.11 Å².